The first-order chi connectivity index (χ1) is 7.73. The van der Waals surface area contributed by atoms with Crippen LogP contribution in [-0.2, 0) is 6.54 Å². The van der Waals surface area contributed by atoms with E-state index in [0.29, 0.717) is 23.8 Å². The molecule has 96 valence electrons. The summed E-state index contributed by atoms with van der Waals surface area (Å²) in [5, 5.41) is 0. The molecule has 0 aromatic heterocycles. The van der Waals surface area contributed by atoms with Gasteiger partial charge in [0.15, 0.2) is 0 Å². The second-order valence-corrected chi connectivity index (χ2v) is 5.76. The number of nitrogen functional groups attached to an aromatic ring is 1. The van der Waals surface area contributed by atoms with Crippen molar-refractivity contribution in [2.45, 2.75) is 40.3 Å². The lowest BCUT2D eigenvalue weighted by Gasteiger charge is -2.35. The first kappa shape index (κ1) is 14.0. The maximum absolute atomic E-state index is 13.7. The largest absolute Gasteiger partial charge is 0.398 e. The molecule has 1 aromatic carbocycles. The van der Waals surface area contributed by atoms with Crippen LogP contribution in [0.15, 0.2) is 18.2 Å². The van der Waals surface area contributed by atoms with Crippen LogP contribution >= 0.6 is 0 Å². The summed E-state index contributed by atoms with van der Waals surface area (Å²) in [7, 11) is 2.00. The molecule has 0 saturated carbocycles. The Morgan fingerprint density at radius 3 is 2.41 bits per heavy atom. The predicted molar refractivity (Wildman–Crippen MR) is 71.2 cm³/mol. The molecule has 0 heterocycles. The normalized spacial score (nSPS) is 14.1. The van der Waals surface area contributed by atoms with Gasteiger partial charge < -0.3 is 5.73 Å². The zero-order chi connectivity index (χ0) is 13.2. The van der Waals surface area contributed by atoms with E-state index in [0.717, 1.165) is 0 Å². The summed E-state index contributed by atoms with van der Waals surface area (Å²) in [5.41, 5.74) is 7.09. The van der Waals surface area contributed by atoms with Crippen molar-refractivity contribution in [2.24, 2.45) is 5.41 Å². The molecule has 17 heavy (non-hydrogen) atoms. The van der Waals surface area contributed by atoms with Gasteiger partial charge in [0.2, 0.25) is 0 Å². The molecule has 0 bridgehead atoms. The Balaban J connectivity index is 2.85. The number of nitrogens with zero attached hydrogens (tertiary/aromatic N) is 1. The van der Waals surface area contributed by atoms with Gasteiger partial charge in [-0.15, -0.1) is 0 Å². The van der Waals surface area contributed by atoms with Crippen molar-refractivity contribution in [3.8, 4) is 0 Å². The third kappa shape index (κ3) is 3.43. The van der Waals surface area contributed by atoms with Crippen LogP contribution in [0.1, 0.15) is 33.3 Å². The first-order valence-corrected chi connectivity index (χ1v) is 5.96. The number of nitrogens with two attached hydrogens (primary N) is 1. The molecule has 2 nitrogen and oxygen atoms in total. The quantitative estimate of drug-likeness (QED) is 0.819. The molecule has 0 amide bonds. The average molecular weight is 238 g/mol. The number of hydrogen-bond donors (Lipinski definition) is 1. The van der Waals surface area contributed by atoms with Crippen molar-refractivity contribution in [3.05, 3.63) is 29.6 Å². The van der Waals surface area contributed by atoms with Gasteiger partial charge in [0.25, 0.3) is 0 Å². The molecule has 1 atom stereocenters. The van der Waals surface area contributed by atoms with Crippen LogP contribution in [0, 0.1) is 11.2 Å². The Hall–Kier alpha value is -1.09. The van der Waals surface area contributed by atoms with Crippen molar-refractivity contribution in [2.75, 3.05) is 12.8 Å². The SMILES string of the molecule is CC(N(C)Cc1c(N)cccc1F)C(C)(C)C. The van der Waals surface area contributed by atoms with Crippen LogP contribution in [0.25, 0.3) is 0 Å². The Bertz CT molecular complexity index is 362. The highest BCUT2D eigenvalue weighted by Gasteiger charge is 2.24. The molecule has 0 spiro atoms. The van der Waals surface area contributed by atoms with Gasteiger partial charge in [0.05, 0.1) is 0 Å². The van der Waals surface area contributed by atoms with Gasteiger partial charge >= 0.3 is 0 Å². The number of anilines is 1. The standard InChI is InChI=1S/C14H23FN2/c1-10(14(2,3)4)17(5)9-11-12(15)7-6-8-13(11)16/h6-8,10H,9,16H2,1-5H3. The van der Waals surface area contributed by atoms with Crippen LogP contribution in [0.4, 0.5) is 10.1 Å². The molecule has 0 aliphatic heterocycles. The summed E-state index contributed by atoms with van der Waals surface area (Å²) >= 11 is 0. The number of rotatable bonds is 3. The highest BCUT2D eigenvalue weighted by molar-refractivity contribution is 5.47. The van der Waals surface area contributed by atoms with Crippen LogP contribution in [0.5, 0.6) is 0 Å². The van der Waals surface area contributed by atoms with Crippen molar-refractivity contribution in [3.63, 3.8) is 0 Å². The lowest BCUT2D eigenvalue weighted by molar-refractivity contribution is 0.133. The zero-order valence-corrected chi connectivity index (χ0v) is 11.4. The smallest absolute Gasteiger partial charge is 0.129 e. The minimum absolute atomic E-state index is 0.161. The highest BCUT2D eigenvalue weighted by atomic mass is 19.1. The van der Waals surface area contributed by atoms with Gasteiger partial charge in [-0.3, -0.25) is 4.90 Å². The van der Waals surface area contributed by atoms with Crippen molar-refractivity contribution in [1.82, 2.24) is 4.90 Å². The van der Waals surface area contributed by atoms with Gasteiger partial charge in [-0.25, -0.2) is 4.39 Å². The minimum atomic E-state index is -0.224. The van der Waals surface area contributed by atoms with E-state index in [9.17, 15) is 4.39 Å². The van der Waals surface area contributed by atoms with Gasteiger partial charge in [-0.1, -0.05) is 26.8 Å². The molecular formula is C14H23FN2. The fraction of sp³-hybridized carbons (Fsp3) is 0.571. The van der Waals surface area contributed by atoms with Gasteiger partial charge in [0, 0.05) is 23.8 Å². The highest BCUT2D eigenvalue weighted by Crippen LogP contribution is 2.26. The molecule has 3 heteroatoms. The molecule has 0 saturated heterocycles. The molecule has 0 aliphatic carbocycles. The van der Waals surface area contributed by atoms with E-state index in [-0.39, 0.29) is 11.2 Å². The molecule has 1 aromatic rings. The third-order valence-electron chi connectivity index (χ3n) is 3.48. The maximum Gasteiger partial charge on any atom is 0.129 e. The van der Waals surface area contributed by atoms with Crippen LogP contribution < -0.4 is 5.73 Å². The van der Waals surface area contributed by atoms with E-state index in [1.54, 1.807) is 12.1 Å². The summed E-state index contributed by atoms with van der Waals surface area (Å²) in [4.78, 5) is 2.13. The summed E-state index contributed by atoms with van der Waals surface area (Å²) < 4.78 is 13.7. The van der Waals surface area contributed by atoms with E-state index < -0.39 is 0 Å². The van der Waals surface area contributed by atoms with Crippen molar-refractivity contribution < 1.29 is 4.39 Å². The third-order valence-corrected chi connectivity index (χ3v) is 3.48. The Labute approximate surface area is 104 Å². The van der Waals surface area contributed by atoms with E-state index >= 15 is 0 Å². The van der Waals surface area contributed by atoms with Gasteiger partial charge in [-0.05, 0) is 31.5 Å². The van der Waals surface area contributed by atoms with E-state index in [1.165, 1.54) is 6.07 Å². The fourth-order valence-corrected chi connectivity index (χ4v) is 1.79. The molecule has 2 N–H and O–H groups in total. The molecule has 0 aliphatic rings. The topological polar surface area (TPSA) is 29.3 Å². The molecule has 1 rings (SSSR count). The predicted octanol–water partition coefficient (Wildman–Crippen LogP) is 3.27. The minimum Gasteiger partial charge on any atom is -0.398 e. The van der Waals surface area contributed by atoms with Crippen LogP contribution in [-0.4, -0.2) is 18.0 Å². The monoisotopic (exact) mass is 238 g/mol. The van der Waals surface area contributed by atoms with E-state index in [1.807, 2.05) is 7.05 Å². The fourth-order valence-electron chi connectivity index (χ4n) is 1.79. The summed E-state index contributed by atoms with van der Waals surface area (Å²) in [6.07, 6.45) is 0. The number of benzene rings is 1. The lowest BCUT2D eigenvalue weighted by atomic mass is 9.87. The van der Waals surface area contributed by atoms with E-state index in [4.69, 9.17) is 5.73 Å². The number of halogens is 1. The summed E-state index contributed by atoms with van der Waals surface area (Å²) in [6, 6.07) is 5.19. The van der Waals surface area contributed by atoms with Crippen LogP contribution in [0.2, 0.25) is 0 Å². The second kappa shape index (κ2) is 5.05. The van der Waals surface area contributed by atoms with Gasteiger partial charge in [-0.2, -0.15) is 0 Å². The van der Waals surface area contributed by atoms with E-state index in [2.05, 4.69) is 32.6 Å². The Kier molecular flexibility index (Phi) is 4.15. The average Bonchev–Trinajstić information content (AvgIpc) is 2.21. The van der Waals surface area contributed by atoms with Crippen molar-refractivity contribution in [1.29, 1.82) is 0 Å². The Morgan fingerprint density at radius 2 is 1.94 bits per heavy atom. The van der Waals surface area contributed by atoms with Crippen LogP contribution in [0.3, 0.4) is 0 Å². The first-order valence-electron chi connectivity index (χ1n) is 5.96. The Morgan fingerprint density at radius 1 is 1.35 bits per heavy atom. The van der Waals surface area contributed by atoms with Gasteiger partial charge in [0.1, 0.15) is 5.82 Å². The summed E-state index contributed by atoms with van der Waals surface area (Å²) in [5.74, 6) is -0.224. The molecule has 1 unspecified atom stereocenters. The molecular weight excluding hydrogens is 215 g/mol. The molecule has 0 fully saturated rings. The maximum atomic E-state index is 13.7. The molecule has 0 radical (unpaired) electrons. The lowest BCUT2D eigenvalue weighted by Crippen LogP contribution is -2.39. The zero-order valence-electron chi connectivity index (χ0n) is 11.4. The second-order valence-electron chi connectivity index (χ2n) is 5.76. The summed E-state index contributed by atoms with van der Waals surface area (Å²) in [6.45, 7) is 9.23. The van der Waals surface area contributed by atoms with Crippen molar-refractivity contribution >= 4 is 5.69 Å². The number of hydrogen-bond acceptors (Lipinski definition) is 2.